The maximum absolute atomic E-state index is 12.0. The van der Waals surface area contributed by atoms with Gasteiger partial charge in [0.25, 0.3) is 5.56 Å². The summed E-state index contributed by atoms with van der Waals surface area (Å²) >= 11 is 0. The zero-order chi connectivity index (χ0) is 11.3. The second-order valence-corrected chi connectivity index (χ2v) is 6.49. The molecule has 0 radical (unpaired) electrons. The number of H-pyrrole nitrogens is 1. The van der Waals surface area contributed by atoms with Crippen molar-refractivity contribution in [3.63, 3.8) is 0 Å². The molecular formula is C9H13N3O3S. The molecule has 0 amide bonds. The van der Waals surface area contributed by atoms with Gasteiger partial charge in [-0.05, 0) is 13.0 Å². The minimum absolute atomic E-state index is 0.0231. The molecule has 1 saturated heterocycles. The zero-order valence-corrected chi connectivity index (χ0v) is 9.51. The van der Waals surface area contributed by atoms with Crippen molar-refractivity contribution in [1.82, 2.24) is 15.1 Å². The number of hydrogen-bond acceptors (Lipinski definition) is 4. The Kier molecular flexibility index (Phi) is 2.02. The lowest BCUT2D eigenvalue weighted by Crippen LogP contribution is -2.26. The molecule has 2 aliphatic heterocycles. The Hall–Kier alpha value is -1.08. The van der Waals surface area contributed by atoms with Crippen LogP contribution in [0.15, 0.2) is 4.79 Å². The van der Waals surface area contributed by atoms with Gasteiger partial charge >= 0.3 is 0 Å². The van der Waals surface area contributed by atoms with Gasteiger partial charge in [-0.3, -0.25) is 9.89 Å². The number of aromatic nitrogens is 2. The fourth-order valence-corrected chi connectivity index (χ4v) is 3.93. The molecule has 1 atom stereocenters. The van der Waals surface area contributed by atoms with Crippen LogP contribution < -0.4 is 10.9 Å². The van der Waals surface area contributed by atoms with Gasteiger partial charge in [-0.1, -0.05) is 0 Å². The predicted molar refractivity (Wildman–Crippen MR) is 57.9 cm³/mol. The van der Waals surface area contributed by atoms with Gasteiger partial charge in [0.15, 0.2) is 9.84 Å². The molecular weight excluding hydrogens is 230 g/mol. The monoisotopic (exact) mass is 243 g/mol. The summed E-state index contributed by atoms with van der Waals surface area (Å²) in [5.41, 5.74) is 0.855. The number of nitrogens with zero attached hydrogens (tertiary/aromatic N) is 1. The van der Waals surface area contributed by atoms with Gasteiger partial charge in [-0.25, -0.2) is 13.1 Å². The van der Waals surface area contributed by atoms with Gasteiger partial charge in [0.05, 0.1) is 28.8 Å². The van der Waals surface area contributed by atoms with Gasteiger partial charge in [0, 0.05) is 6.54 Å². The van der Waals surface area contributed by atoms with Crippen LogP contribution in [0.25, 0.3) is 0 Å². The minimum Gasteiger partial charge on any atom is -0.315 e. The maximum atomic E-state index is 12.0. The van der Waals surface area contributed by atoms with E-state index in [1.54, 1.807) is 4.68 Å². The molecule has 1 aromatic rings. The molecule has 0 spiro atoms. The molecule has 3 heterocycles. The van der Waals surface area contributed by atoms with E-state index in [-0.39, 0.29) is 23.1 Å². The van der Waals surface area contributed by atoms with E-state index < -0.39 is 9.84 Å². The molecule has 7 heteroatoms. The van der Waals surface area contributed by atoms with Crippen molar-refractivity contribution in [3.8, 4) is 0 Å². The number of nitrogens with one attached hydrogen (secondary N) is 2. The summed E-state index contributed by atoms with van der Waals surface area (Å²) in [6, 6.07) is 0.140. The van der Waals surface area contributed by atoms with E-state index in [0.717, 1.165) is 19.5 Å². The van der Waals surface area contributed by atoms with E-state index in [2.05, 4.69) is 10.4 Å². The third-order valence-electron chi connectivity index (χ3n) is 3.22. The van der Waals surface area contributed by atoms with Crippen LogP contribution in [0.5, 0.6) is 0 Å². The zero-order valence-electron chi connectivity index (χ0n) is 8.69. The molecule has 6 nitrogen and oxygen atoms in total. The fourth-order valence-electron chi connectivity index (χ4n) is 2.41. The summed E-state index contributed by atoms with van der Waals surface area (Å²) in [6.45, 7) is 1.67. The van der Waals surface area contributed by atoms with Gasteiger partial charge in [-0.2, -0.15) is 0 Å². The first-order valence-electron chi connectivity index (χ1n) is 5.30. The number of sulfone groups is 1. The first-order valence-corrected chi connectivity index (χ1v) is 7.12. The molecule has 1 unspecified atom stereocenters. The molecule has 2 aliphatic rings. The van der Waals surface area contributed by atoms with Crippen molar-refractivity contribution >= 4 is 9.84 Å². The molecule has 16 heavy (non-hydrogen) atoms. The van der Waals surface area contributed by atoms with Crippen LogP contribution in [-0.2, 0) is 21.3 Å². The molecule has 3 rings (SSSR count). The SMILES string of the molecule is O=c1c2c([nH]n1C1CCNC1)CS(=O)(=O)C2. The van der Waals surface area contributed by atoms with Crippen molar-refractivity contribution in [3.05, 3.63) is 21.6 Å². The Morgan fingerprint density at radius 2 is 2.12 bits per heavy atom. The normalized spacial score (nSPS) is 27.1. The summed E-state index contributed by atoms with van der Waals surface area (Å²) in [4.78, 5) is 12.0. The van der Waals surface area contributed by atoms with Crippen molar-refractivity contribution in [1.29, 1.82) is 0 Å². The van der Waals surface area contributed by atoms with Crippen LogP contribution in [0.1, 0.15) is 23.7 Å². The number of rotatable bonds is 1. The molecule has 0 aromatic carbocycles. The lowest BCUT2D eigenvalue weighted by Gasteiger charge is -2.09. The largest absolute Gasteiger partial charge is 0.315 e. The Morgan fingerprint density at radius 3 is 2.75 bits per heavy atom. The molecule has 2 N–H and O–H groups in total. The van der Waals surface area contributed by atoms with Crippen molar-refractivity contribution < 1.29 is 8.42 Å². The van der Waals surface area contributed by atoms with Crippen molar-refractivity contribution in [2.24, 2.45) is 0 Å². The molecule has 88 valence electrons. The van der Waals surface area contributed by atoms with Gasteiger partial charge < -0.3 is 5.32 Å². The lowest BCUT2D eigenvalue weighted by molar-refractivity contribution is 0.473. The highest BCUT2D eigenvalue weighted by Gasteiger charge is 2.32. The van der Waals surface area contributed by atoms with Gasteiger partial charge in [0.2, 0.25) is 0 Å². The van der Waals surface area contributed by atoms with E-state index in [1.165, 1.54) is 0 Å². The van der Waals surface area contributed by atoms with Crippen LogP contribution in [0.2, 0.25) is 0 Å². The lowest BCUT2D eigenvalue weighted by atomic mass is 10.2. The number of fused-ring (bicyclic) bond motifs is 1. The van der Waals surface area contributed by atoms with Crippen LogP contribution in [0.3, 0.4) is 0 Å². The van der Waals surface area contributed by atoms with Crippen LogP contribution in [0.4, 0.5) is 0 Å². The topological polar surface area (TPSA) is 84.0 Å². The first kappa shape index (κ1) is 10.1. The van der Waals surface area contributed by atoms with Crippen molar-refractivity contribution in [2.75, 3.05) is 13.1 Å². The highest BCUT2D eigenvalue weighted by molar-refractivity contribution is 7.90. The summed E-state index contributed by atoms with van der Waals surface area (Å²) in [5.74, 6) is -0.129. The predicted octanol–water partition coefficient (Wildman–Crippen LogP) is -0.861. The third kappa shape index (κ3) is 1.42. The average molecular weight is 243 g/mol. The van der Waals surface area contributed by atoms with Crippen LogP contribution in [-0.4, -0.2) is 31.3 Å². The molecule has 0 bridgehead atoms. The Labute approximate surface area is 92.6 Å². The Morgan fingerprint density at radius 1 is 1.31 bits per heavy atom. The average Bonchev–Trinajstić information content (AvgIpc) is 2.84. The highest BCUT2D eigenvalue weighted by Crippen LogP contribution is 2.22. The molecule has 1 fully saturated rings. The highest BCUT2D eigenvalue weighted by atomic mass is 32.2. The Balaban J connectivity index is 2.04. The van der Waals surface area contributed by atoms with E-state index in [4.69, 9.17) is 0 Å². The summed E-state index contributed by atoms with van der Waals surface area (Å²) in [7, 11) is -3.09. The number of hydrogen-bond donors (Lipinski definition) is 2. The van der Waals surface area contributed by atoms with E-state index >= 15 is 0 Å². The first-order chi connectivity index (χ1) is 7.57. The molecule has 0 saturated carbocycles. The van der Waals surface area contributed by atoms with E-state index in [9.17, 15) is 13.2 Å². The Bertz CT molecular complexity index is 578. The summed E-state index contributed by atoms with van der Waals surface area (Å²) in [6.07, 6.45) is 0.909. The van der Waals surface area contributed by atoms with Gasteiger partial charge in [0.1, 0.15) is 0 Å². The molecule has 1 aromatic heterocycles. The fraction of sp³-hybridized carbons (Fsp3) is 0.667. The van der Waals surface area contributed by atoms with Crippen molar-refractivity contribution in [2.45, 2.75) is 24.0 Å². The number of aromatic amines is 1. The van der Waals surface area contributed by atoms with Gasteiger partial charge in [-0.15, -0.1) is 0 Å². The van der Waals surface area contributed by atoms with Crippen LogP contribution in [0, 0.1) is 0 Å². The maximum Gasteiger partial charge on any atom is 0.271 e. The quantitative estimate of drug-likeness (QED) is 0.672. The summed E-state index contributed by atoms with van der Waals surface area (Å²) in [5, 5.41) is 6.13. The van der Waals surface area contributed by atoms with Crippen LogP contribution >= 0.6 is 0 Å². The third-order valence-corrected chi connectivity index (χ3v) is 4.68. The standard InChI is InChI=1S/C9H13N3O3S/c13-9-7-4-16(14,15)5-8(7)11-12(9)6-1-2-10-3-6/h6,10-11H,1-5H2. The second-order valence-electron chi connectivity index (χ2n) is 4.42. The second kappa shape index (κ2) is 3.21. The minimum atomic E-state index is -3.09. The molecule has 0 aliphatic carbocycles. The van der Waals surface area contributed by atoms with E-state index in [1.807, 2.05) is 0 Å². The summed E-state index contributed by atoms with van der Waals surface area (Å²) < 4.78 is 24.3. The smallest absolute Gasteiger partial charge is 0.271 e. The van der Waals surface area contributed by atoms with E-state index in [0.29, 0.717) is 11.3 Å².